The number of aryl methyl sites for hydroxylation is 1. The highest BCUT2D eigenvalue weighted by Gasteiger charge is 2.16. The molecule has 0 aliphatic carbocycles. The number of aromatic nitrogens is 1. The zero-order valence-electron chi connectivity index (χ0n) is 15.7. The van der Waals surface area contributed by atoms with Crippen molar-refractivity contribution in [3.63, 3.8) is 0 Å². The maximum atomic E-state index is 12.6. The summed E-state index contributed by atoms with van der Waals surface area (Å²) in [6, 6.07) is 9.73. The Balaban J connectivity index is 1.65. The molecule has 1 aromatic heterocycles. The van der Waals surface area contributed by atoms with Crippen LogP contribution in [0.15, 0.2) is 36.5 Å². The van der Waals surface area contributed by atoms with Crippen LogP contribution in [0.2, 0.25) is 0 Å². The standard InChI is InChI=1S/C21H27N3O2/c1-14(2)18-8-4-6-15(3)20(18)24-21(25)16-9-10-19(22-12-16)23-13-17-7-5-11-26-17/h4,6,8-10,12,14,17H,5,7,11,13H2,1-3H3,(H,22,23)(H,24,25). The van der Waals surface area contributed by atoms with Crippen LogP contribution in [0.5, 0.6) is 0 Å². The van der Waals surface area contributed by atoms with Crippen molar-refractivity contribution in [1.82, 2.24) is 4.98 Å². The van der Waals surface area contributed by atoms with Gasteiger partial charge in [0.15, 0.2) is 0 Å². The second kappa shape index (κ2) is 8.32. The van der Waals surface area contributed by atoms with Gasteiger partial charge in [0.1, 0.15) is 5.82 Å². The number of hydrogen-bond acceptors (Lipinski definition) is 4. The lowest BCUT2D eigenvalue weighted by molar-refractivity contribution is 0.102. The lowest BCUT2D eigenvalue weighted by Gasteiger charge is -2.16. The van der Waals surface area contributed by atoms with Crippen molar-refractivity contribution < 1.29 is 9.53 Å². The van der Waals surface area contributed by atoms with Crippen molar-refractivity contribution in [2.24, 2.45) is 0 Å². The van der Waals surface area contributed by atoms with Gasteiger partial charge < -0.3 is 15.4 Å². The fourth-order valence-electron chi connectivity index (χ4n) is 3.18. The van der Waals surface area contributed by atoms with Gasteiger partial charge in [0.25, 0.3) is 5.91 Å². The molecule has 26 heavy (non-hydrogen) atoms. The highest BCUT2D eigenvalue weighted by Crippen LogP contribution is 2.27. The summed E-state index contributed by atoms with van der Waals surface area (Å²) in [7, 11) is 0. The molecule has 5 nitrogen and oxygen atoms in total. The van der Waals surface area contributed by atoms with Gasteiger partial charge in [-0.25, -0.2) is 4.98 Å². The van der Waals surface area contributed by atoms with E-state index in [0.717, 1.165) is 48.6 Å². The van der Waals surface area contributed by atoms with Gasteiger partial charge in [0.2, 0.25) is 0 Å². The minimum Gasteiger partial charge on any atom is -0.376 e. The highest BCUT2D eigenvalue weighted by atomic mass is 16.5. The number of rotatable bonds is 6. The highest BCUT2D eigenvalue weighted by molar-refractivity contribution is 6.05. The Bertz CT molecular complexity index is 750. The Kier molecular flexibility index (Phi) is 5.89. The van der Waals surface area contributed by atoms with E-state index in [1.165, 1.54) is 0 Å². The molecule has 1 saturated heterocycles. The van der Waals surface area contributed by atoms with Gasteiger partial charge in [0, 0.05) is 25.0 Å². The molecule has 5 heteroatoms. The third-order valence-corrected chi connectivity index (χ3v) is 4.73. The van der Waals surface area contributed by atoms with Crippen LogP contribution >= 0.6 is 0 Å². The molecule has 1 unspecified atom stereocenters. The molecule has 1 atom stereocenters. The number of carbonyl (C=O) groups is 1. The molecule has 0 spiro atoms. The average molecular weight is 353 g/mol. The van der Waals surface area contributed by atoms with Crippen molar-refractivity contribution in [2.75, 3.05) is 23.8 Å². The van der Waals surface area contributed by atoms with Crippen LogP contribution in [-0.2, 0) is 4.74 Å². The van der Waals surface area contributed by atoms with E-state index in [1.807, 2.05) is 25.1 Å². The van der Waals surface area contributed by atoms with Crippen molar-refractivity contribution in [3.05, 3.63) is 53.2 Å². The van der Waals surface area contributed by atoms with Gasteiger partial charge in [-0.1, -0.05) is 32.0 Å². The van der Waals surface area contributed by atoms with E-state index in [1.54, 1.807) is 12.3 Å². The number of para-hydroxylation sites is 1. The third kappa shape index (κ3) is 4.41. The van der Waals surface area contributed by atoms with Gasteiger partial charge in [0.05, 0.1) is 11.7 Å². The van der Waals surface area contributed by atoms with Gasteiger partial charge in [-0.15, -0.1) is 0 Å². The molecule has 1 aliphatic heterocycles. The van der Waals surface area contributed by atoms with E-state index in [0.29, 0.717) is 11.5 Å². The third-order valence-electron chi connectivity index (χ3n) is 4.73. The van der Waals surface area contributed by atoms with Crippen LogP contribution in [0, 0.1) is 6.92 Å². The maximum Gasteiger partial charge on any atom is 0.257 e. The van der Waals surface area contributed by atoms with Gasteiger partial charge in [-0.2, -0.15) is 0 Å². The molecular weight excluding hydrogens is 326 g/mol. The molecule has 1 aliphatic rings. The average Bonchev–Trinajstić information content (AvgIpc) is 3.15. The molecule has 2 N–H and O–H groups in total. The normalized spacial score (nSPS) is 16.7. The molecule has 3 rings (SSSR count). The van der Waals surface area contributed by atoms with Crippen molar-refractivity contribution in [2.45, 2.75) is 45.6 Å². The first-order valence-electron chi connectivity index (χ1n) is 9.27. The minimum atomic E-state index is -0.139. The number of hydrogen-bond donors (Lipinski definition) is 2. The predicted molar refractivity (Wildman–Crippen MR) is 105 cm³/mol. The first-order chi connectivity index (χ1) is 12.5. The molecule has 1 amide bonds. The Morgan fingerprint density at radius 1 is 1.31 bits per heavy atom. The first kappa shape index (κ1) is 18.4. The lowest BCUT2D eigenvalue weighted by atomic mass is 9.98. The van der Waals surface area contributed by atoms with Gasteiger partial charge in [-0.05, 0) is 48.9 Å². The summed E-state index contributed by atoms with van der Waals surface area (Å²) in [6.45, 7) is 7.86. The fourth-order valence-corrected chi connectivity index (χ4v) is 3.18. The molecule has 138 valence electrons. The maximum absolute atomic E-state index is 12.6. The number of nitrogens with zero attached hydrogens (tertiary/aromatic N) is 1. The molecule has 0 bridgehead atoms. The number of carbonyl (C=O) groups excluding carboxylic acids is 1. The van der Waals surface area contributed by atoms with E-state index in [-0.39, 0.29) is 12.0 Å². The molecular formula is C21H27N3O2. The zero-order valence-corrected chi connectivity index (χ0v) is 15.7. The summed E-state index contributed by atoms with van der Waals surface area (Å²) in [5, 5.41) is 6.32. The number of benzene rings is 1. The monoisotopic (exact) mass is 353 g/mol. The number of amides is 1. The number of anilines is 2. The number of pyridine rings is 1. The van der Waals surface area contributed by atoms with E-state index < -0.39 is 0 Å². The number of ether oxygens (including phenoxy) is 1. The van der Waals surface area contributed by atoms with Crippen LogP contribution in [0.1, 0.15) is 54.1 Å². The molecule has 2 heterocycles. The van der Waals surface area contributed by atoms with Crippen molar-refractivity contribution in [1.29, 1.82) is 0 Å². The van der Waals surface area contributed by atoms with Crippen LogP contribution in [-0.4, -0.2) is 30.1 Å². The topological polar surface area (TPSA) is 63.2 Å². The first-order valence-corrected chi connectivity index (χ1v) is 9.27. The van der Waals surface area contributed by atoms with Crippen LogP contribution in [0.25, 0.3) is 0 Å². The molecule has 2 aromatic rings. The van der Waals surface area contributed by atoms with E-state index >= 15 is 0 Å². The zero-order chi connectivity index (χ0) is 18.5. The molecule has 0 saturated carbocycles. The van der Waals surface area contributed by atoms with Gasteiger partial charge in [-0.3, -0.25) is 4.79 Å². The van der Waals surface area contributed by atoms with E-state index in [2.05, 4.69) is 35.5 Å². The summed E-state index contributed by atoms with van der Waals surface area (Å²) in [5.41, 5.74) is 3.65. The Morgan fingerprint density at radius 3 is 2.81 bits per heavy atom. The number of nitrogens with one attached hydrogen (secondary N) is 2. The molecule has 0 radical (unpaired) electrons. The minimum absolute atomic E-state index is 0.139. The van der Waals surface area contributed by atoms with Crippen molar-refractivity contribution >= 4 is 17.4 Å². The second-order valence-electron chi connectivity index (χ2n) is 7.10. The SMILES string of the molecule is Cc1cccc(C(C)C)c1NC(=O)c1ccc(NCC2CCCO2)nc1. The predicted octanol–water partition coefficient (Wildman–Crippen LogP) is 4.36. The van der Waals surface area contributed by atoms with Crippen LogP contribution in [0.3, 0.4) is 0 Å². The van der Waals surface area contributed by atoms with Gasteiger partial charge >= 0.3 is 0 Å². The fraction of sp³-hybridized carbons (Fsp3) is 0.429. The van der Waals surface area contributed by atoms with Crippen molar-refractivity contribution in [3.8, 4) is 0 Å². The van der Waals surface area contributed by atoms with Crippen LogP contribution < -0.4 is 10.6 Å². The summed E-state index contributed by atoms with van der Waals surface area (Å²) in [6.07, 6.45) is 4.08. The smallest absolute Gasteiger partial charge is 0.257 e. The largest absolute Gasteiger partial charge is 0.376 e. The van der Waals surface area contributed by atoms with E-state index in [4.69, 9.17) is 4.74 Å². The van der Waals surface area contributed by atoms with E-state index in [9.17, 15) is 4.79 Å². The molecule has 1 fully saturated rings. The Hall–Kier alpha value is -2.40. The summed E-state index contributed by atoms with van der Waals surface area (Å²) >= 11 is 0. The quantitative estimate of drug-likeness (QED) is 0.810. The lowest BCUT2D eigenvalue weighted by Crippen LogP contribution is -2.19. The summed E-state index contributed by atoms with van der Waals surface area (Å²) < 4.78 is 5.59. The second-order valence-corrected chi connectivity index (χ2v) is 7.10. The molecule has 1 aromatic carbocycles. The van der Waals surface area contributed by atoms with Crippen LogP contribution in [0.4, 0.5) is 11.5 Å². The Morgan fingerprint density at radius 2 is 2.15 bits per heavy atom. The Labute approximate surface area is 155 Å². The summed E-state index contributed by atoms with van der Waals surface area (Å²) in [4.78, 5) is 17.0. The summed E-state index contributed by atoms with van der Waals surface area (Å²) in [5.74, 6) is 0.961.